The summed E-state index contributed by atoms with van der Waals surface area (Å²) in [6.07, 6.45) is 25.9. The molecule has 0 aromatic rings. The fraction of sp³-hybridized carbons (Fsp3) is 0.464. The maximum absolute atomic E-state index is 13.1. The standard InChI is InChI=1S/C28H39NO4/c1-3-4-5-6-7-9-15-23-20-27(32)26-19-22(2)14-12-13-17-25(31)21-24(30)16-10-8-11-18-28(33)29(23)26/h5-14,17-19,23-27,30-32H,3-4,15-16,20-21H2,1-2H3/b6-5+,9-7+,10-8+,14-12+,17-13-,18-11-,22-19+. The second kappa shape index (κ2) is 14.6. The van der Waals surface area contributed by atoms with Crippen LogP contribution < -0.4 is 0 Å². The van der Waals surface area contributed by atoms with Crippen LogP contribution in [-0.4, -0.2) is 56.5 Å². The Morgan fingerprint density at radius 2 is 1.79 bits per heavy atom. The molecule has 33 heavy (non-hydrogen) atoms. The van der Waals surface area contributed by atoms with Gasteiger partial charge in [-0.15, -0.1) is 0 Å². The van der Waals surface area contributed by atoms with Crippen LogP contribution in [0.15, 0.2) is 84.6 Å². The lowest BCUT2D eigenvalue weighted by Crippen LogP contribution is -2.41. The first-order valence-electron chi connectivity index (χ1n) is 12.0. The molecule has 0 spiro atoms. The Balaban J connectivity index is 2.26. The van der Waals surface area contributed by atoms with E-state index in [0.717, 1.165) is 18.4 Å². The zero-order valence-electron chi connectivity index (χ0n) is 19.8. The number of carbonyl (C=O) groups is 1. The largest absolute Gasteiger partial charge is 0.393 e. The minimum atomic E-state index is -0.729. The summed E-state index contributed by atoms with van der Waals surface area (Å²) >= 11 is 0. The van der Waals surface area contributed by atoms with E-state index in [-0.39, 0.29) is 18.4 Å². The van der Waals surface area contributed by atoms with Crippen molar-refractivity contribution in [1.29, 1.82) is 0 Å². The summed E-state index contributed by atoms with van der Waals surface area (Å²) < 4.78 is 0. The molecule has 5 heteroatoms. The van der Waals surface area contributed by atoms with E-state index in [0.29, 0.717) is 19.3 Å². The van der Waals surface area contributed by atoms with Crippen molar-refractivity contribution < 1.29 is 20.1 Å². The van der Waals surface area contributed by atoms with E-state index in [1.165, 1.54) is 6.08 Å². The minimum Gasteiger partial charge on any atom is -0.393 e. The molecule has 0 radical (unpaired) electrons. The van der Waals surface area contributed by atoms with Gasteiger partial charge in [0, 0.05) is 18.5 Å². The van der Waals surface area contributed by atoms with Crippen LogP contribution in [0.5, 0.6) is 0 Å². The maximum Gasteiger partial charge on any atom is 0.247 e. The van der Waals surface area contributed by atoms with Crippen molar-refractivity contribution in [2.45, 2.75) is 82.8 Å². The van der Waals surface area contributed by atoms with Crippen LogP contribution >= 0.6 is 0 Å². The molecule has 0 saturated carbocycles. The lowest BCUT2D eigenvalue weighted by atomic mass is 10.1. The Morgan fingerprint density at radius 3 is 2.58 bits per heavy atom. The van der Waals surface area contributed by atoms with Crippen molar-refractivity contribution in [1.82, 2.24) is 4.90 Å². The summed E-state index contributed by atoms with van der Waals surface area (Å²) in [5.41, 5.74) is 0.919. The molecule has 5 unspecified atom stereocenters. The molecule has 0 aromatic heterocycles. The maximum atomic E-state index is 13.1. The molecule has 180 valence electrons. The first-order valence-corrected chi connectivity index (χ1v) is 12.0. The van der Waals surface area contributed by atoms with Crippen LogP contribution in [0, 0.1) is 0 Å². The van der Waals surface area contributed by atoms with Crippen LogP contribution in [0.25, 0.3) is 0 Å². The zero-order valence-corrected chi connectivity index (χ0v) is 19.8. The zero-order chi connectivity index (χ0) is 24.1. The van der Waals surface area contributed by atoms with Gasteiger partial charge < -0.3 is 20.2 Å². The third-order valence-electron chi connectivity index (χ3n) is 5.77. The lowest BCUT2D eigenvalue weighted by Gasteiger charge is -2.28. The van der Waals surface area contributed by atoms with Gasteiger partial charge in [0.25, 0.3) is 0 Å². The number of allylic oxidation sites excluding steroid dienone is 9. The Hall–Kier alpha value is -2.47. The van der Waals surface area contributed by atoms with Crippen molar-refractivity contribution >= 4 is 5.91 Å². The average Bonchev–Trinajstić information content (AvgIpc) is 3.07. The third kappa shape index (κ3) is 9.50. The Morgan fingerprint density at radius 1 is 1.03 bits per heavy atom. The van der Waals surface area contributed by atoms with Crippen LogP contribution in [0.3, 0.4) is 0 Å². The summed E-state index contributed by atoms with van der Waals surface area (Å²) in [4.78, 5) is 14.9. The predicted molar refractivity (Wildman–Crippen MR) is 134 cm³/mol. The number of hydrogen-bond donors (Lipinski definition) is 3. The highest BCUT2D eigenvalue weighted by Gasteiger charge is 2.40. The van der Waals surface area contributed by atoms with Gasteiger partial charge in [-0.3, -0.25) is 4.79 Å². The Bertz CT molecular complexity index is 818. The van der Waals surface area contributed by atoms with Gasteiger partial charge in [-0.2, -0.15) is 0 Å². The van der Waals surface area contributed by atoms with Gasteiger partial charge in [0.15, 0.2) is 0 Å². The van der Waals surface area contributed by atoms with Gasteiger partial charge in [0.05, 0.1) is 24.4 Å². The molecule has 1 amide bonds. The summed E-state index contributed by atoms with van der Waals surface area (Å²) in [6, 6.07) is -0.495. The Labute approximate surface area is 198 Å². The minimum absolute atomic E-state index is 0.0890. The number of fused-ring (bicyclic) bond motifs is 1. The van der Waals surface area contributed by atoms with E-state index < -0.39 is 24.4 Å². The second-order valence-corrected chi connectivity index (χ2v) is 8.71. The fourth-order valence-electron chi connectivity index (χ4n) is 4.06. The second-order valence-electron chi connectivity index (χ2n) is 8.71. The number of rotatable bonds is 5. The van der Waals surface area contributed by atoms with E-state index in [2.05, 4.69) is 19.1 Å². The average molecular weight is 454 g/mol. The number of nitrogens with zero attached hydrogens (tertiary/aromatic N) is 1. The molecular weight excluding hydrogens is 414 g/mol. The van der Waals surface area contributed by atoms with E-state index in [1.54, 1.807) is 35.3 Å². The van der Waals surface area contributed by atoms with Crippen molar-refractivity contribution in [2.75, 3.05) is 0 Å². The van der Waals surface area contributed by atoms with Gasteiger partial charge in [-0.1, -0.05) is 91.8 Å². The van der Waals surface area contributed by atoms with E-state index in [1.807, 2.05) is 37.3 Å². The summed E-state index contributed by atoms with van der Waals surface area (Å²) in [5.74, 6) is -0.144. The number of aliphatic hydroxyl groups excluding tert-OH is 3. The number of hydrogen-bond acceptors (Lipinski definition) is 4. The van der Waals surface area contributed by atoms with Crippen LogP contribution in [0.2, 0.25) is 0 Å². The highest BCUT2D eigenvalue weighted by Crippen LogP contribution is 2.29. The molecule has 5 atom stereocenters. The molecule has 1 fully saturated rings. The monoisotopic (exact) mass is 453 g/mol. The van der Waals surface area contributed by atoms with Gasteiger partial charge in [-0.25, -0.2) is 0 Å². The molecule has 0 bridgehead atoms. The molecule has 5 nitrogen and oxygen atoms in total. The third-order valence-corrected chi connectivity index (χ3v) is 5.77. The SMILES string of the molecule is CCC/C=C/C=C/CC1CC(O)C2/C=C(C)/C=C/C=C\C(O)CC(O)C/C=C/C=C\C(=O)N12. The van der Waals surface area contributed by atoms with E-state index in [9.17, 15) is 20.1 Å². The molecule has 2 aliphatic rings. The predicted octanol–water partition coefficient (Wildman–Crippen LogP) is 4.31. The first-order chi connectivity index (χ1) is 15.9. The highest BCUT2D eigenvalue weighted by molar-refractivity contribution is 5.89. The summed E-state index contributed by atoms with van der Waals surface area (Å²) in [5, 5.41) is 30.9. The highest BCUT2D eigenvalue weighted by atomic mass is 16.3. The summed E-state index contributed by atoms with van der Waals surface area (Å²) in [7, 11) is 0. The Kier molecular flexibility index (Phi) is 11.9. The number of unbranched alkanes of at least 4 members (excludes halogenated alkanes) is 1. The molecular formula is C28H39NO4. The molecule has 2 aliphatic heterocycles. The number of amides is 1. The molecule has 3 N–H and O–H groups in total. The van der Waals surface area contributed by atoms with Gasteiger partial charge in [0.1, 0.15) is 0 Å². The van der Waals surface area contributed by atoms with Crippen LogP contribution in [-0.2, 0) is 4.79 Å². The van der Waals surface area contributed by atoms with Crippen LogP contribution in [0.4, 0.5) is 0 Å². The summed E-state index contributed by atoms with van der Waals surface area (Å²) in [6.45, 7) is 4.07. The first kappa shape index (κ1) is 26.8. The topological polar surface area (TPSA) is 81.0 Å². The molecule has 2 rings (SSSR count). The lowest BCUT2D eigenvalue weighted by molar-refractivity contribution is -0.128. The number of carbonyl (C=O) groups excluding carboxylic acids is 1. The normalized spacial score (nSPS) is 35.2. The molecule has 1 saturated heterocycles. The van der Waals surface area contributed by atoms with Crippen molar-refractivity contribution in [3.8, 4) is 0 Å². The number of aliphatic hydroxyl groups is 3. The van der Waals surface area contributed by atoms with Crippen molar-refractivity contribution in [2.24, 2.45) is 0 Å². The van der Waals surface area contributed by atoms with E-state index in [4.69, 9.17) is 0 Å². The smallest absolute Gasteiger partial charge is 0.247 e. The van der Waals surface area contributed by atoms with Crippen molar-refractivity contribution in [3.63, 3.8) is 0 Å². The quantitative estimate of drug-likeness (QED) is 0.542. The molecule has 0 aromatic carbocycles. The van der Waals surface area contributed by atoms with Crippen LogP contribution in [0.1, 0.15) is 52.4 Å². The van der Waals surface area contributed by atoms with Gasteiger partial charge in [-0.05, 0) is 32.6 Å². The molecule has 0 aliphatic carbocycles. The van der Waals surface area contributed by atoms with Gasteiger partial charge in [0.2, 0.25) is 5.91 Å². The molecule has 2 heterocycles. The van der Waals surface area contributed by atoms with Crippen molar-refractivity contribution in [3.05, 3.63) is 84.6 Å². The fourth-order valence-corrected chi connectivity index (χ4v) is 4.06. The van der Waals surface area contributed by atoms with E-state index >= 15 is 0 Å². The van der Waals surface area contributed by atoms with Gasteiger partial charge >= 0.3 is 0 Å².